The van der Waals surface area contributed by atoms with Gasteiger partial charge in [-0.2, -0.15) is 0 Å². The number of nitrogens with zero attached hydrogens (tertiary/aromatic N) is 2. The van der Waals surface area contributed by atoms with Crippen molar-refractivity contribution in [3.8, 4) is 11.5 Å². The first kappa shape index (κ1) is 20.4. The Morgan fingerprint density at radius 3 is 1.93 bits per heavy atom. The van der Waals surface area contributed by atoms with Crippen LogP contribution in [0.1, 0.15) is 18.6 Å². The summed E-state index contributed by atoms with van der Waals surface area (Å²) in [5.41, 5.74) is 1.52. The van der Waals surface area contributed by atoms with E-state index in [0.717, 1.165) is 17.0 Å². The molecule has 5 heteroatoms. The number of para-hydroxylation sites is 1. The fourth-order valence-corrected chi connectivity index (χ4v) is 3.02. The van der Waals surface area contributed by atoms with Crippen LogP contribution in [0.5, 0.6) is 11.5 Å². The van der Waals surface area contributed by atoms with Crippen LogP contribution in [0, 0.1) is 0 Å². The first-order valence-electron chi connectivity index (χ1n) is 9.54. The zero-order valence-corrected chi connectivity index (χ0v) is 16.9. The highest BCUT2D eigenvalue weighted by molar-refractivity contribution is 5.91. The van der Waals surface area contributed by atoms with Crippen LogP contribution in [0.4, 0.5) is 10.5 Å². The van der Waals surface area contributed by atoms with E-state index >= 15 is 0 Å². The molecule has 0 radical (unpaired) electrons. The number of aliphatic hydroxyl groups excluding tert-OH is 1. The Labute approximate surface area is 171 Å². The van der Waals surface area contributed by atoms with E-state index in [1.165, 1.54) is 0 Å². The van der Waals surface area contributed by atoms with Gasteiger partial charge in [-0.3, -0.25) is 4.90 Å². The number of hydrogen-bond acceptors (Lipinski definition) is 3. The van der Waals surface area contributed by atoms with E-state index < -0.39 is 6.10 Å². The lowest BCUT2D eigenvalue weighted by atomic mass is 10.0. The monoisotopic (exact) mass is 390 g/mol. The Balaban J connectivity index is 1.65. The van der Waals surface area contributed by atoms with Crippen LogP contribution in [0.2, 0.25) is 0 Å². The molecule has 29 heavy (non-hydrogen) atoms. The van der Waals surface area contributed by atoms with Crippen molar-refractivity contribution in [1.29, 1.82) is 0 Å². The van der Waals surface area contributed by atoms with Gasteiger partial charge < -0.3 is 14.7 Å². The van der Waals surface area contributed by atoms with E-state index in [1.807, 2.05) is 91.9 Å². The molecule has 0 unspecified atom stereocenters. The average Bonchev–Trinajstić information content (AvgIpc) is 2.78. The summed E-state index contributed by atoms with van der Waals surface area (Å²) in [6, 6.07) is 25.6. The molecule has 3 aromatic carbocycles. The number of amides is 2. The van der Waals surface area contributed by atoms with Gasteiger partial charge in [0.25, 0.3) is 0 Å². The Morgan fingerprint density at radius 2 is 1.34 bits per heavy atom. The number of aliphatic hydroxyl groups is 1. The quantitative estimate of drug-likeness (QED) is 0.638. The van der Waals surface area contributed by atoms with E-state index in [-0.39, 0.29) is 12.1 Å². The Hall–Kier alpha value is -3.31. The van der Waals surface area contributed by atoms with Gasteiger partial charge in [0, 0.05) is 19.8 Å². The molecule has 0 bridgehead atoms. The Morgan fingerprint density at radius 1 is 0.828 bits per heavy atom. The van der Waals surface area contributed by atoms with Crippen LogP contribution >= 0.6 is 0 Å². The van der Waals surface area contributed by atoms with Crippen LogP contribution in [0.25, 0.3) is 0 Å². The average molecular weight is 390 g/mol. The molecule has 0 saturated carbocycles. The third-order valence-corrected chi connectivity index (χ3v) is 5.00. The van der Waals surface area contributed by atoms with Gasteiger partial charge in [0.1, 0.15) is 11.5 Å². The molecule has 0 aliphatic heterocycles. The number of ether oxygens (including phenoxy) is 1. The first-order valence-corrected chi connectivity index (χ1v) is 9.54. The van der Waals surface area contributed by atoms with Crippen molar-refractivity contribution in [2.75, 3.05) is 19.0 Å². The van der Waals surface area contributed by atoms with Crippen LogP contribution in [-0.2, 0) is 0 Å². The molecule has 0 aliphatic carbocycles. The predicted octanol–water partition coefficient (Wildman–Crippen LogP) is 5.09. The van der Waals surface area contributed by atoms with Gasteiger partial charge in [0.15, 0.2) is 0 Å². The van der Waals surface area contributed by atoms with Crippen LogP contribution in [0.15, 0.2) is 84.9 Å². The minimum absolute atomic E-state index is 0.204. The van der Waals surface area contributed by atoms with E-state index in [9.17, 15) is 9.90 Å². The molecular formula is C24H26N2O3. The molecule has 5 nitrogen and oxygen atoms in total. The lowest BCUT2D eigenvalue weighted by Crippen LogP contribution is -2.45. The van der Waals surface area contributed by atoms with Crippen molar-refractivity contribution in [2.24, 2.45) is 0 Å². The number of anilines is 1. The molecule has 0 saturated heterocycles. The molecule has 150 valence electrons. The first-order chi connectivity index (χ1) is 14.0. The lowest BCUT2D eigenvalue weighted by molar-refractivity contribution is 0.0878. The van der Waals surface area contributed by atoms with E-state index in [2.05, 4.69) is 0 Å². The molecule has 2 atom stereocenters. The predicted molar refractivity (Wildman–Crippen MR) is 115 cm³/mol. The minimum atomic E-state index is -0.764. The summed E-state index contributed by atoms with van der Waals surface area (Å²) in [5, 5.41) is 10.6. The van der Waals surface area contributed by atoms with Crippen molar-refractivity contribution < 1.29 is 14.6 Å². The van der Waals surface area contributed by atoms with Crippen molar-refractivity contribution >= 4 is 11.7 Å². The second-order valence-corrected chi connectivity index (χ2v) is 6.96. The van der Waals surface area contributed by atoms with Gasteiger partial charge in [-0.25, -0.2) is 4.79 Å². The molecule has 1 N–H and O–H groups in total. The molecule has 2 amide bonds. The van der Waals surface area contributed by atoms with Crippen LogP contribution < -0.4 is 9.64 Å². The van der Waals surface area contributed by atoms with Gasteiger partial charge in [0.2, 0.25) is 0 Å². The zero-order chi connectivity index (χ0) is 20.8. The number of urea groups is 1. The van der Waals surface area contributed by atoms with Crippen molar-refractivity contribution in [1.82, 2.24) is 4.90 Å². The smallest absolute Gasteiger partial charge is 0.324 e. The lowest BCUT2D eigenvalue weighted by Gasteiger charge is -2.32. The summed E-state index contributed by atoms with van der Waals surface area (Å²) in [7, 11) is 3.41. The summed E-state index contributed by atoms with van der Waals surface area (Å²) < 4.78 is 5.79. The number of hydrogen-bond donors (Lipinski definition) is 1. The third-order valence-electron chi connectivity index (χ3n) is 5.00. The molecule has 0 aliphatic rings. The van der Waals surface area contributed by atoms with Crippen molar-refractivity contribution in [3.05, 3.63) is 90.5 Å². The number of carbonyl (C=O) groups excluding carboxylic acids is 1. The third kappa shape index (κ3) is 4.95. The maximum absolute atomic E-state index is 12.9. The fraction of sp³-hybridized carbons (Fsp3) is 0.208. The maximum atomic E-state index is 12.9. The number of rotatable bonds is 6. The summed E-state index contributed by atoms with van der Waals surface area (Å²) >= 11 is 0. The molecule has 0 aromatic heterocycles. The van der Waals surface area contributed by atoms with Gasteiger partial charge in [-0.15, -0.1) is 0 Å². The highest BCUT2D eigenvalue weighted by Gasteiger charge is 2.26. The summed E-state index contributed by atoms with van der Waals surface area (Å²) in [6.07, 6.45) is -0.764. The minimum Gasteiger partial charge on any atom is -0.457 e. The van der Waals surface area contributed by atoms with Gasteiger partial charge in [-0.05, 0) is 48.9 Å². The van der Waals surface area contributed by atoms with Crippen LogP contribution in [0.3, 0.4) is 0 Å². The van der Waals surface area contributed by atoms with E-state index in [4.69, 9.17) is 4.74 Å². The summed E-state index contributed by atoms with van der Waals surface area (Å²) in [6.45, 7) is 1.83. The Bertz CT molecular complexity index is 914. The highest BCUT2D eigenvalue weighted by atomic mass is 16.5. The summed E-state index contributed by atoms with van der Waals surface area (Å²) in [5.74, 6) is 1.45. The summed E-state index contributed by atoms with van der Waals surface area (Å²) in [4.78, 5) is 16.0. The number of carbonyl (C=O) groups is 1. The molecule has 3 aromatic rings. The highest BCUT2D eigenvalue weighted by Crippen LogP contribution is 2.25. The number of likely N-dealkylation sites (N-methyl/N-ethyl adjacent to an activating group) is 1. The molecular weight excluding hydrogens is 364 g/mol. The normalized spacial score (nSPS) is 12.7. The fourth-order valence-electron chi connectivity index (χ4n) is 3.02. The molecule has 0 spiro atoms. The second kappa shape index (κ2) is 9.26. The molecule has 0 heterocycles. The van der Waals surface area contributed by atoms with Crippen molar-refractivity contribution in [2.45, 2.75) is 19.1 Å². The topological polar surface area (TPSA) is 53.0 Å². The number of benzene rings is 3. The van der Waals surface area contributed by atoms with Crippen LogP contribution in [-0.4, -0.2) is 36.2 Å². The van der Waals surface area contributed by atoms with Crippen molar-refractivity contribution in [3.63, 3.8) is 0 Å². The van der Waals surface area contributed by atoms with Gasteiger partial charge in [-0.1, -0.05) is 48.5 Å². The molecule has 0 fully saturated rings. The van der Waals surface area contributed by atoms with E-state index in [1.54, 1.807) is 23.9 Å². The van der Waals surface area contributed by atoms with Gasteiger partial charge >= 0.3 is 6.03 Å². The van der Waals surface area contributed by atoms with E-state index in [0.29, 0.717) is 5.75 Å². The Kier molecular flexibility index (Phi) is 6.52. The van der Waals surface area contributed by atoms with Gasteiger partial charge in [0.05, 0.1) is 12.1 Å². The SMILES string of the molecule is C[C@H]([C@@H](O)c1ccccc1)N(C)C(=O)N(C)c1ccc(Oc2ccccc2)cc1. The standard InChI is InChI=1S/C24H26N2O3/c1-18(23(27)19-10-6-4-7-11-19)25(2)24(28)26(3)20-14-16-22(17-15-20)29-21-12-8-5-9-13-21/h4-18,23,27H,1-3H3/t18-,23-/m1/s1. The maximum Gasteiger partial charge on any atom is 0.324 e. The second-order valence-electron chi connectivity index (χ2n) is 6.96. The largest absolute Gasteiger partial charge is 0.457 e. The zero-order valence-electron chi connectivity index (χ0n) is 16.9. The molecule has 3 rings (SSSR count).